The SMILES string of the molecule is CC(C)CC(C)N(C)C(=O)c1cc(C(=O)O)co1. The van der Waals surface area contributed by atoms with Crippen molar-refractivity contribution in [2.75, 3.05) is 7.05 Å². The summed E-state index contributed by atoms with van der Waals surface area (Å²) >= 11 is 0. The van der Waals surface area contributed by atoms with Gasteiger partial charge in [0.2, 0.25) is 0 Å². The van der Waals surface area contributed by atoms with Gasteiger partial charge in [-0.1, -0.05) is 13.8 Å². The Labute approximate surface area is 106 Å². The van der Waals surface area contributed by atoms with Crippen molar-refractivity contribution < 1.29 is 19.1 Å². The van der Waals surface area contributed by atoms with Crippen LogP contribution in [0.4, 0.5) is 0 Å². The summed E-state index contributed by atoms with van der Waals surface area (Å²) in [6.45, 7) is 6.13. The molecular weight excluding hydrogens is 234 g/mol. The molecule has 1 N–H and O–H groups in total. The zero-order valence-corrected chi connectivity index (χ0v) is 11.1. The van der Waals surface area contributed by atoms with Crippen molar-refractivity contribution in [3.05, 3.63) is 23.7 Å². The Hall–Kier alpha value is -1.78. The van der Waals surface area contributed by atoms with Gasteiger partial charge >= 0.3 is 5.97 Å². The third-order valence-electron chi connectivity index (χ3n) is 2.85. The van der Waals surface area contributed by atoms with E-state index in [0.717, 1.165) is 12.7 Å². The van der Waals surface area contributed by atoms with Crippen LogP contribution in [0.5, 0.6) is 0 Å². The van der Waals surface area contributed by atoms with E-state index in [1.54, 1.807) is 11.9 Å². The van der Waals surface area contributed by atoms with Gasteiger partial charge < -0.3 is 14.4 Å². The van der Waals surface area contributed by atoms with Crippen LogP contribution in [0.1, 0.15) is 48.1 Å². The molecule has 5 heteroatoms. The van der Waals surface area contributed by atoms with Crippen LogP contribution < -0.4 is 0 Å². The molecule has 1 rings (SSSR count). The fourth-order valence-electron chi connectivity index (χ4n) is 1.77. The van der Waals surface area contributed by atoms with Crippen LogP contribution in [0, 0.1) is 5.92 Å². The van der Waals surface area contributed by atoms with Gasteiger partial charge in [0.05, 0.1) is 5.56 Å². The Kier molecular flexibility index (Phi) is 4.53. The second-order valence-corrected chi connectivity index (χ2v) is 4.90. The van der Waals surface area contributed by atoms with Crippen molar-refractivity contribution in [3.8, 4) is 0 Å². The van der Waals surface area contributed by atoms with Crippen LogP contribution in [0.15, 0.2) is 16.7 Å². The molecule has 1 unspecified atom stereocenters. The summed E-state index contributed by atoms with van der Waals surface area (Å²) in [5.74, 6) is -0.849. The molecule has 0 aliphatic heterocycles. The number of carbonyl (C=O) groups is 2. The number of aromatic carboxylic acids is 1. The van der Waals surface area contributed by atoms with Crippen LogP contribution in [-0.4, -0.2) is 35.0 Å². The largest absolute Gasteiger partial charge is 0.478 e. The van der Waals surface area contributed by atoms with Gasteiger partial charge in [0.25, 0.3) is 5.91 Å². The van der Waals surface area contributed by atoms with E-state index >= 15 is 0 Å². The number of nitrogens with zero attached hydrogens (tertiary/aromatic N) is 1. The minimum atomic E-state index is -1.10. The normalized spacial score (nSPS) is 12.5. The van der Waals surface area contributed by atoms with Crippen molar-refractivity contribution in [1.29, 1.82) is 0 Å². The van der Waals surface area contributed by atoms with Gasteiger partial charge in [0, 0.05) is 19.2 Å². The molecule has 1 atom stereocenters. The molecule has 0 aromatic carbocycles. The highest BCUT2D eigenvalue weighted by Crippen LogP contribution is 2.15. The summed E-state index contributed by atoms with van der Waals surface area (Å²) in [6.07, 6.45) is 1.96. The van der Waals surface area contributed by atoms with Gasteiger partial charge in [-0.3, -0.25) is 4.79 Å². The second kappa shape index (κ2) is 5.71. The number of hydrogen-bond donors (Lipinski definition) is 1. The van der Waals surface area contributed by atoms with E-state index in [0.29, 0.717) is 5.92 Å². The molecular formula is C13H19NO4. The number of carboxylic acid groups (broad SMARTS) is 1. The van der Waals surface area contributed by atoms with Crippen molar-refractivity contribution in [2.45, 2.75) is 33.2 Å². The lowest BCUT2D eigenvalue weighted by atomic mass is 10.0. The maximum Gasteiger partial charge on any atom is 0.338 e. The fraction of sp³-hybridized carbons (Fsp3) is 0.538. The highest BCUT2D eigenvalue weighted by atomic mass is 16.4. The van der Waals surface area contributed by atoms with Crippen LogP contribution >= 0.6 is 0 Å². The molecule has 0 saturated heterocycles. The van der Waals surface area contributed by atoms with Gasteiger partial charge in [0.15, 0.2) is 5.76 Å². The summed E-state index contributed by atoms with van der Waals surface area (Å²) in [5, 5.41) is 8.76. The predicted molar refractivity (Wildman–Crippen MR) is 66.7 cm³/mol. The van der Waals surface area contributed by atoms with Gasteiger partial charge in [-0.05, 0) is 19.3 Å². The highest BCUT2D eigenvalue weighted by Gasteiger charge is 2.22. The number of rotatable bonds is 5. The minimum Gasteiger partial charge on any atom is -0.478 e. The molecule has 0 spiro atoms. The first-order chi connectivity index (χ1) is 8.32. The monoisotopic (exact) mass is 253 g/mol. The van der Waals surface area contributed by atoms with Gasteiger partial charge in [-0.15, -0.1) is 0 Å². The van der Waals surface area contributed by atoms with Crippen molar-refractivity contribution >= 4 is 11.9 Å². The average molecular weight is 253 g/mol. The first-order valence-electron chi connectivity index (χ1n) is 5.92. The highest BCUT2D eigenvalue weighted by molar-refractivity contribution is 5.95. The molecule has 18 heavy (non-hydrogen) atoms. The Morgan fingerprint density at radius 1 is 1.39 bits per heavy atom. The summed E-state index contributed by atoms with van der Waals surface area (Å²) in [7, 11) is 1.69. The average Bonchev–Trinajstić information content (AvgIpc) is 2.75. The number of furan rings is 1. The molecule has 1 aromatic heterocycles. The van der Waals surface area contributed by atoms with Crippen LogP contribution in [-0.2, 0) is 0 Å². The molecule has 0 aliphatic carbocycles. The molecule has 0 saturated carbocycles. The summed E-state index contributed by atoms with van der Waals surface area (Å²) in [5.41, 5.74) is -0.0109. The van der Waals surface area contributed by atoms with Crippen LogP contribution in [0.25, 0.3) is 0 Å². The third kappa shape index (κ3) is 3.35. The number of hydrogen-bond acceptors (Lipinski definition) is 3. The number of carboxylic acids is 1. The molecule has 0 radical (unpaired) electrons. The smallest absolute Gasteiger partial charge is 0.338 e. The summed E-state index contributed by atoms with van der Waals surface area (Å²) in [4.78, 5) is 24.3. The van der Waals surface area contributed by atoms with E-state index in [-0.39, 0.29) is 23.3 Å². The number of carbonyl (C=O) groups excluding carboxylic acids is 1. The molecule has 0 bridgehead atoms. The van der Waals surface area contributed by atoms with E-state index in [9.17, 15) is 9.59 Å². The first kappa shape index (κ1) is 14.3. The van der Waals surface area contributed by atoms with E-state index < -0.39 is 5.97 Å². The zero-order valence-electron chi connectivity index (χ0n) is 11.1. The molecule has 100 valence electrons. The molecule has 1 heterocycles. The van der Waals surface area contributed by atoms with Crippen molar-refractivity contribution in [2.24, 2.45) is 5.92 Å². The number of amides is 1. The third-order valence-corrected chi connectivity index (χ3v) is 2.85. The lowest BCUT2D eigenvalue weighted by Gasteiger charge is -2.25. The van der Waals surface area contributed by atoms with E-state index in [1.807, 2.05) is 6.92 Å². The lowest BCUT2D eigenvalue weighted by Crippen LogP contribution is -2.35. The molecule has 1 aromatic rings. The maximum absolute atomic E-state index is 12.0. The standard InChI is InChI=1S/C13H19NO4/c1-8(2)5-9(3)14(4)12(15)11-6-10(7-18-11)13(16)17/h6-9H,5H2,1-4H3,(H,16,17). The molecule has 0 fully saturated rings. The van der Waals surface area contributed by atoms with Crippen LogP contribution in [0.3, 0.4) is 0 Å². The Morgan fingerprint density at radius 3 is 2.44 bits per heavy atom. The molecule has 0 aliphatic rings. The van der Waals surface area contributed by atoms with Crippen molar-refractivity contribution in [3.63, 3.8) is 0 Å². The van der Waals surface area contributed by atoms with E-state index in [2.05, 4.69) is 13.8 Å². The Balaban J connectivity index is 2.76. The van der Waals surface area contributed by atoms with Gasteiger partial charge in [0.1, 0.15) is 6.26 Å². The fourth-order valence-corrected chi connectivity index (χ4v) is 1.77. The summed E-state index contributed by atoms with van der Waals surface area (Å²) in [6, 6.07) is 1.33. The Bertz CT molecular complexity index is 436. The molecule has 5 nitrogen and oxygen atoms in total. The second-order valence-electron chi connectivity index (χ2n) is 4.90. The summed E-state index contributed by atoms with van der Waals surface area (Å²) < 4.78 is 4.99. The predicted octanol–water partition coefficient (Wildman–Crippen LogP) is 2.48. The lowest BCUT2D eigenvalue weighted by molar-refractivity contribution is 0.0687. The quantitative estimate of drug-likeness (QED) is 0.875. The minimum absolute atomic E-state index is 0.0109. The Morgan fingerprint density at radius 2 is 2.00 bits per heavy atom. The van der Waals surface area contributed by atoms with E-state index in [4.69, 9.17) is 9.52 Å². The maximum atomic E-state index is 12.0. The molecule has 1 amide bonds. The van der Waals surface area contributed by atoms with Gasteiger partial charge in [-0.2, -0.15) is 0 Å². The van der Waals surface area contributed by atoms with Crippen LogP contribution in [0.2, 0.25) is 0 Å². The first-order valence-corrected chi connectivity index (χ1v) is 5.92. The zero-order chi connectivity index (χ0) is 13.9. The topological polar surface area (TPSA) is 70.8 Å². The van der Waals surface area contributed by atoms with Gasteiger partial charge in [-0.25, -0.2) is 4.79 Å². The van der Waals surface area contributed by atoms with Crippen molar-refractivity contribution in [1.82, 2.24) is 4.90 Å². The van der Waals surface area contributed by atoms with E-state index in [1.165, 1.54) is 6.07 Å².